The number of hydrogen-bond donors (Lipinski definition) is 5. The summed E-state index contributed by atoms with van der Waals surface area (Å²) in [6.07, 6.45) is 0.0482. The summed E-state index contributed by atoms with van der Waals surface area (Å²) in [6.45, 7) is 6.67. The van der Waals surface area contributed by atoms with Crippen molar-refractivity contribution < 1.29 is 24.6 Å². The third kappa shape index (κ3) is 6.25. The van der Waals surface area contributed by atoms with Gasteiger partial charge in [-0.05, 0) is 37.5 Å². The number of aliphatic carboxylic acids is 1. The van der Waals surface area contributed by atoms with E-state index in [9.17, 15) is 24.6 Å². The molecule has 0 spiro atoms. The highest BCUT2D eigenvalue weighted by Gasteiger charge is 2.34. The van der Waals surface area contributed by atoms with Crippen LogP contribution < -0.4 is 10.6 Å². The molecule has 1 aromatic carbocycles. The number of hydrogen-bond acceptors (Lipinski definition) is 5. The molecule has 0 heterocycles. The molecule has 2 amide bonds. The Morgan fingerprint density at radius 1 is 1.15 bits per heavy atom. The van der Waals surface area contributed by atoms with E-state index in [2.05, 4.69) is 23.3 Å². The molecule has 0 aliphatic carbocycles. The van der Waals surface area contributed by atoms with E-state index in [1.165, 1.54) is 26.0 Å². The second kappa shape index (κ2) is 8.93. The van der Waals surface area contributed by atoms with Crippen molar-refractivity contribution in [3.63, 3.8) is 0 Å². The first-order chi connectivity index (χ1) is 11.9. The van der Waals surface area contributed by atoms with E-state index >= 15 is 0 Å². The lowest BCUT2D eigenvalue weighted by atomic mass is 10.00. The fraction of sp³-hybridized carbons (Fsp3) is 0.500. The minimum Gasteiger partial charge on any atom is -0.508 e. The maximum Gasteiger partial charge on any atom is 0.326 e. The lowest BCUT2D eigenvalue weighted by Crippen LogP contribution is -2.59. The molecule has 144 valence electrons. The highest BCUT2D eigenvalue weighted by Crippen LogP contribution is 2.14. The molecule has 0 aliphatic rings. The number of carbonyl (C=O) groups excluding carboxylic acids is 2. The van der Waals surface area contributed by atoms with Gasteiger partial charge in [0, 0.05) is 6.42 Å². The Bertz CT molecular complexity index is 658. The van der Waals surface area contributed by atoms with Gasteiger partial charge in [-0.15, -0.1) is 0 Å². The van der Waals surface area contributed by atoms with E-state index < -0.39 is 34.6 Å². The first-order valence-electron chi connectivity index (χ1n) is 8.26. The summed E-state index contributed by atoms with van der Waals surface area (Å²) in [4.78, 5) is 36.1. The molecule has 0 saturated carbocycles. The molecule has 0 aromatic heterocycles. The number of carboxylic acid groups (broad SMARTS) is 1. The monoisotopic (exact) mass is 382 g/mol. The van der Waals surface area contributed by atoms with Gasteiger partial charge in [0.2, 0.25) is 11.8 Å². The largest absolute Gasteiger partial charge is 0.508 e. The minimum atomic E-state index is -1.30. The van der Waals surface area contributed by atoms with Crippen molar-refractivity contribution in [3.05, 3.63) is 29.8 Å². The molecule has 2 atom stereocenters. The highest BCUT2D eigenvalue weighted by molar-refractivity contribution is 7.81. The average molecular weight is 382 g/mol. The Hall–Kier alpha value is -2.22. The molecule has 1 aromatic rings. The normalized spacial score (nSPS) is 13.8. The standard InChI is InChI=1S/C18H26N2O5S/c1-10(2)14(26)15(22)20-18(3,4)17(25)19-13(16(23)24)9-11-5-7-12(21)8-6-11/h5-8,10,13-14,21,26H,9H2,1-4H3,(H,19,25)(H,20,22)(H,23,24)/t13-,14-/m0/s1. The van der Waals surface area contributed by atoms with Crippen molar-refractivity contribution in [2.75, 3.05) is 0 Å². The summed E-state index contributed by atoms with van der Waals surface area (Å²) in [7, 11) is 0. The summed E-state index contributed by atoms with van der Waals surface area (Å²) in [5.41, 5.74) is -0.650. The summed E-state index contributed by atoms with van der Waals surface area (Å²) in [5, 5.41) is 23.1. The number of amides is 2. The highest BCUT2D eigenvalue weighted by atomic mass is 32.1. The lowest BCUT2D eigenvalue weighted by Gasteiger charge is -2.29. The summed E-state index contributed by atoms with van der Waals surface area (Å²) in [6, 6.07) is 4.88. The number of rotatable bonds is 8. The van der Waals surface area contributed by atoms with Crippen LogP contribution in [0.25, 0.3) is 0 Å². The number of benzene rings is 1. The van der Waals surface area contributed by atoms with E-state index in [4.69, 9.17) is 0 Å². The Balaban J connectivity index is 2.80. The van der Waals surface area contributed by atoms with Crippen molar-refractivity contribution in [1.29, 1.82) is 0 Å². The molecule has 1 rings (SSSR count). The van der Waals surface area contributed by atoms with Gasteiger partial charge in [0.25, 0.3) is 0 Å². The number of thiol groups is 1. The van der Waals surface area contributed by atoms with Crippen molar-refractivity contribution in [2.24, 2.45) is 5.92 Å². The quantitative estimate of drug-likeness (QED) is 0.435. The molecule has 0 unspecified atom stereocenters. The van der Waals surface area contributed by atoms with Gasteiger partial charge in [-0.2, -0.15) is 12.6 Å². The zero-order valence-corrected chi connectivity index (χ0v) is 16.2. The number of carboxylic acids is 1. The van der Waals surface area contributed by atoms with Crippen LogP contribution in [-0.2, 0) is 20.8 Å². The van der Waals surface area contributed by atoms with Crippen LogP contribution in [0.15, 0.2) is 24.3 Å². The second-order valence-corrected chi connectivity index (χ2v) is 7.59. The van der Waals surface area contributed by atoms with Crippen LogP contribution in [0.3, 0.4) is 0 Å². The fourth-order valence-corrected chi connectivity index (χ4v) is 2.21. The van der Waals surface area contributed by atoms with E-state index in [-0.39, 0.29) is 18.1 Å². The van der Waals surface area contributed by atoms with Crippen molar-refractivity contribution in [1.82, 2.24) is 10.6 Å². The smallest absolute Gasteiger partial charge is 0.326 e. The number of phenolic OH excluding ortho intramolecular Hbond substituents is 1. The molecule has 26 heavy (non-hydrogen) atoms. The lowest BCUT2D eigenvalue weighted by molar-refractivity contribution is -0.143. The third-order valence-electron chi connectivity index (χ3n) is 3.88. The van der Waals surface area contributed by atoms with Crippen molar-refractivity contribution in [2.45, 2.75) is 50.9 Å². The van der Waals surface area contributed by atoms with Crippen LogP contribution in [0.1, 0.15) is 33.3 Å². The summed E-state index contributed by atoms with van der Waals surface area (Å²) < 4.78 is 0. The Morgan fingerprint density at radius 3 is 2.15 bits per heavy atom. The molecule has 0 aliphatic heterocycles. The Labute approximate surface area is 158 Å². The van der Waals surface area contributed by atoms with E-state index in [1.807, 2.05) is 13.8 Å². The number of carbonyl (C=O) groups is 3. The van der Waals surface area contributed by atoms with Gasteiger partial charge in [-0.3, -0.25) is 9.59 Å². The van der Waals surface area contributed by atoms with Crippen LogP contribution in [0, 0.1) is 5.92 Å². The van der Waals surface area contributed by atoms with Gasteiger partial charge >= 0.3 is 5.97 Å². The molecule has 7 nitrogen and oxygen atoms in total. The summed E-state index contributed by atoms with van der Waals surface area (Å²) in [5.74, 6) is -2.14. The van der Waals surface area contributed by atoms with Gasteiger partial charge in [-0.25, -0.2) is 4.79 Å². The second-order valence-electron chi connectivity index (χ2n) is 7.04. The molecule has 8 heteroatoms. The molecule has 0 fully saturated rings. The van der Waals surface area contributed by atoms with E-state index in [1.54, 1.807) is 12.1 Å². The molecule has 0 bridgehead atoms. The average Bonchev–Trinajstić information content (AvgIpc) is 2.54. The molecule has 0 radical (unpaired) electrons. The van der Waals surface area contributed by atoms with Gasteiger partial charge in [0.05, 0.1) is 5.25 Å². The van der Waals surface area contributed by atoms with Crippen LogP contribution in [0.2, 0.25) is 0 Å². The van der Waals surface area contributed by atoms with Crippen molar-refractivity contribution in [3.8, 4) is 5.75 Å². The first kappa shape index (κ1) is 21.8. The summed E-state index contributed by atoms with van der Waals surface area (Å²) >= 11 is 4.22. The SMILES string of the molecule is CC(C)[C@H](S)C(=O)NC(C)(C)C(=O)N[C@@H](Cc1ccc(O)cc1)C(=O)O. The third-order valence-corrected chi connectivity index (χ3v) is 4.71. The van der Waals surface area contributed by atoms with Crippen molar-refractivity contribution >= 4 is 30.4 Å². The Morgan fingerprint density at radius 2 is 1.69 bits per heavy atom. The number of phenols is 1. The molecule has 4 N–H and O–H groups in total. The first-order valence-corrected chi connectivity index (χ1v) is 8.77. The van der Waals surface area contributed by atoms with Crippen LogP contribution in [0.4, 0.5) is 0 Å². The topological polar surface area (TPSA) is 116 Å². The zero-order valence-electron chi connectivity index (χ0n) is 15.3. The van der Waals surface area contributed by atoms with Crippen LogP contribution in [-0.4, -0.2) is 44.8 Å². The molecular formula is C18H26N2O5S. The maximum absolute atomic E-state index is 12.5. The molecule has 0 saturated heterocycles. The van der Waals surface area contributed by atoms with Crippen LogP contribution >= 0.6 is 12.6 Å². The van der Waals surface area contributed by atoms with E-state index in [0.29, 0.717) is 5.56 Å². The van der Waals surface area contributed by atoms with Gasteiger partial charge < -0.3 is 20.8 Å². The fourth-order valence-electron chi connectivity index (χ4n) is 2.15. The number of nitrogens with one attached hydrogen (secondary N) is 2. The Kier molecular flexibility index (Phi) is 7.50. The maximum atomic E-state index is 12.5. The van der Waals surface area contributed by atoms with Gasteiger partial charge in [0.15, 0.2) is 0 Å². The number of aromatic hydroxyl groups is 1. The zero-order chi connectivity index (χ0) is 20.1. The predicted octanol–water partition coefficient (Wildman–Crippen LogP) is 1.35. The van der Waals surface area contributed by atoms with E-state index in [0.717, 1.165) is 0 Å². The predicted molar refractivity (Wildman–Crippen MR) is 101 cm³/mol. The minimum absolute atomic E-state index is 0.0153. The van der Waals surface area contributed by atoms with Gasteiger partial charge in [0.1, 0.15) is 17.3 Å². The molecular weight excluding hydrogens is 356 g/mol. The van der Waals surface area contributed by atoms with Gasteiger partial charge in [-0.1, -0.05) is 26.0 Å². The van der Waals surface area contributed by atoms with Crippen LogP contribution in [0.5, 0.6) is 5.75 Å².